The van der Waals surface area contributed by atoms with Crippen LogP contribution in [0.2, 0.25) is 0 Å². The Morgan fingerprint density at radius 2 is 2.24 bits per heavy atom. The molecule has 0 saturated carbocycles. The highest BCUT2D eigenvalue weighted by molar-refractivity contribution is 5.43. The average Bonchev–Trinajstić information content (AvgIpc) is 2.42. The van der Waals surface area contributed by atoms with Gasteiger partial charge in [-0.05, 0) is 17.9 Å². The summed E-state index contributed by atoms with van der Waals surface area (Å²) in [4.78, 5) is 12.8. The minimum absolute atomic E-state index is 0.0478. The van der Waals surface area contributed by atoms with Crippen LogP contribution in [-0.4, -0.2) is 36.1 Å². The summed E-state index contributed by atoms with van der Waals surface area (Å²) >= 11 is 0. The number of likely N-dealkylation sites (tertiary alicyclic amines) is 1. The van der Waals surface area contributed by atoms with Crippen molar-refractivity contribution in [3.8, 4) is 5.75 Å². The van der Waals surface area contributed by atoms with E-state index in [1.54, 1.807) is 19.2 Å². The quantitative estimate of drug-likeness (QED) is 0.679. The zero-order chi connectivity index (χ0) is 15.6. The fourth-order valence-corrected chi connectivity index (χ4v) is 2.86. The maximum atomic E-state index is 10.9. The molecule has 0 aromatic heterocycles. The molecule has 1 aliphatic rings. The van der Waals surface area contributed by atoms with Gasteiger partial charge in [-0.15, -0.1) is 0 Å². The van der Waals surface area contributed by atoms with E-state index in [2.05, 4.69) is 18.7 Å². The van der Waals surface area contributed by atoms with Gasteiger partial charge in [-0.2, -0.15) is 0 Å². The molecule has 0 aliphatic carbocycles. The van der Waals surface area contributed by atoms with E-state index in [-0.39, 0.29) is 22.1 Å². The van der Waals surface area contributed by atoms with Crippen molar-refractivity contribution in [3.05, 3.63) is 33.9 Å². The van der Waals surface area contributed by atoms with Gasteiger partial charge >= 0.3 is 0 Å². The second-order valence-corrected chi connectivity index (χ2v) is 6.35. The second-order valence-electron chi connectivity index (χ2n) is 6.35. The first-order chi connectivity index (χ1) is 9.83. The lowest BCUT2D eigenvalue weighted by Crippen LogP contribution is -2.52. The van der Waals surface area contributed by atoms with Crippen LogP contribution in [-0.2, 0) is 6.54 Å². The summed E-state index contributed by atoms with van der Waals surface area (Å²) in [7, 11) is 1.58. The Hall–Kier alpha value is -1.66. The van der Waals surface area contributed by atoms with Crippen LogP contribution in [0.15, 0.2) is 18.2 Å². The van der Waals surface area contributed by atoms with Crippen molar-refractivity contribution in [2.75, 3.05) is 20.2 Å². The highest BCUT2D eigenvalue weighted by Crippen LogP contribution is 2.31. The minimum atomic E-state index is -0.376. The van der Waals surface area contributed by atoms with Gasteiger partial charge < -0.3 is 10.5 Å². The molecule has 0 bridgehead atoms. The number of nitrogens with zero attached hydrogens (tertiary/aromatic N) is 2. The highest BCUT2D eigenvalue weighted by Gasteiger charge is 2.33. The lowest BCUT2D eigenvalue weighted by molar-refractivity contribution is -0.385. The molecule has 0 amide bonds. The van der Waals surface area contributed by atoms with Gasteiger partial charge in [-0.1, -0.05) is 13.8 Å². The first-order valence-electron chi connectivity index (χ1n) is 7.13. The van der Waals surface area contributed by atoms with Crippen LogP contribution in [0, 0.1) is 15.5 Å². The van der Waals surface area contributed by atoms with Crippen LogP contribution in [0.1, 0.15) is 25.8 Å². The molecule has 0 spiro atoms. The summed E-state index contributed by atoms with van der Waals surface area (Å²) in [6.07, 6.45) is 0.935. The van der Waals surface area contributed by atoms with E-state index in [4.69, 9.17) is 10.5 Å². The number of nitrogens with two attached hydrogens (primary N) is 1. The van der Waals surface area contributed by atoms with Gasteiger partial charge in [-0.25, -0.2) is 0 Å². The number of nitro groups is 1. The Morgan fingerprint density at radius 3 is 2.81 bits per heavy atom. The number of rotatable bonds is 4. The molecule has 1 unspecified atom stereocenters. The van der Waals surface area contributed by atoms with E-state index in [0.29, 0.717) is 12.3 Å². The summed E-state index contributed by atoms with van der Waals surface area (Å²) in [6.45, 7) is 6.74. The van der Waals surface area contributed by atoms with Crippen LogP contribution in [0.25, 0.3) is 0 Å². The second kappa shape index (κ2) is 5.99. The van der Waals surface area contributed by atoms with Crippen LogP contribution in [0.4, 0.5) is 5.69 Å². The number of ether oxygens (including phenoxy) is 1. The van der Waals surface area contributed by atoms with E-state index in [1.165, 1.54) is 6.07 Å². The number of hydrogen-bond donors (Lipinski definition) is 1. The number of piperidine rings is 1. The van der Waals surface area contributed by atoms with Crippen molar-refractivity contribution in [2.45, 2.75) is 32.9 Å². The fourth-order valence-electron chi connectivity index (χ4n) is 2.86. The molecule has 1 aliphatic heterocycles. The van der Waals surface area contributed by atoms with Crippen molar-refractivity contribution in [2.24, 2.45) is 11.1 Å². The van der Waals surface area contributed by atoms with E-state index >= 15 is 0 Å². The number of hydrogen-bond acceptors (Lipinski definition) is 5. The molecule has 1 fully saturated rings. The maximum absolute atomic E-state index is 10.9. The van der Waals surface area contributed by atoms with Crippen molar-refractivity contribution < 1.29 is 9.66 Å². The predicted molar refractivity (Wildman–Crippen MR) is 81.3 cm³/mol. The number of methoxy groups -OCH3 is 1. The third kappa shape index (κ3) is 3.51. The van der Waals surface area contributed by atoms with Crippen molar-refractivity contribution in [1.29, 1.82) is 0 Å². The highest BCUT2D eigenvalue weighted by atomic mass is 16.6. The molecule has 1 atom stereocenters. The Kier molecular flexibility index (Phi) is 4.49. The first-order valence-corrected chi connectivity index (χ1v) is 7.13. The van der Waals surface area contributed by atoms with E-state index < -0.39 is 0 Å². The molecule has 1 heterocycles. The van der Waals surface area contributed by atoms with Gasteiger partial charge in [-0.3, -0.25) is 15.0 Å². The topological polar surface area (TPSA) is 81.6 Å². The molecule has 2 N–H and O–H groups in total. The summed E-state index contributed by atoms with van der Waals surface area (Å²) in [5.74, 6) is 0.688. The number of non-ortho nitro benzene ring substituents is 1. The number of benzene rings is 1. The molecule has 1 aromatic rings. The zero-order valence-corrected chi connectivity index (χ0v) is 12.8. The Morgan fingerprint density at radius 1 is 1.52 bits per heavy atom. The third-order valence-corrected chi connectivity index (χ3v) is 4.26. The average molecular weight is 293 g/mol. The van der Waals surface area contributed by atoms with Crippen LogP contribution >= 0.6 is 0 Å². The Balaban J connectivity index is 2.18. The van der Waals surface area contributed by atoms with Crippen LogP contribution in [0.3, 0.4) is 0 Å². The first kappa shape index (κ1) is 15.7. The summed E-state index contributed by atoms with van der Waals surface area (Å²) in [5.41, 5.74) is 7.14. The normalized spacial score (nSPS) is 22.0. The van der Waals surface area contributed by atoms with Gasteiger partial charge in [0.2, 0.25) is 0 Å². The molecule has 1 aromatic carbocycles. The molecule has 6 heteroatoms. The van der Waals surface area contributed by atoms with E-state index in [1.807, 2.05) is 0 Å². The Labute approximate surface area is 125 Å². The van der Waals surface area contributed by atoms with E-state index in [0.717, 1.165) is 25.1 Å². The van der Waals surface area contributed by atoms with Gasteiger partial charge in [0.25, 0.3) is 5.69 Å². The summed E-state index contributed by atoms with van der Waals surface area (Å²) in [6, 6.07) is 4.92. The van der Waals surface area contributed by atoms with Crippen molar-refractivity contribution in [1.82, 2.24) is 4.90 Å². The minimum Gasteiger partial charge on any atom is -0.496 e. The summed E-state index contributed by atoms with van der Waals surface area (Å²) < 4.78 is 5.32. The van der Waals surface area contributed by atoms with Gasteiger partial charge in [0.1, 0.15) is 5.75 Å². The smallest absolute Gasteiger partial charge is 0.270 e. The predicted octanol–water partition coefficient (Wildman–Crippen LogP) is 2.16. The van der Waals surface area contributed by atoms with Crippen molar-refractivity contribution >= 4 is 5.69 Å². The maximum Gasteiger partial charge on any atom is 0.270 e. The lowest BCUT2D eigenvalue weighted by Gasteiger charge is -2.42. The Bertz CT molecular complexity index is 531. The molecular formula is C15H23N3O3. The fraction of sp³-hybridized carbons (Fsp3) is 0.600. The molecule has 0 radical (unpaired) electrons. The van der Waals surface area contributed by atoms with Crippen molar-refractivity contribution in [3.63, 3.8) is 0 Å². The van der Waals surface area contributed by atoms with Gasteiger partial charge in [0.05, 0.1) is 12.0 Å². The molecule has 1 saturated heterocycles. The summed E-state index contributed by atoms with van der Waals surface area (Å²) in [5, 5.41) is 10.9. The molecule has 116 valence electrons. The lowest BCUT2D eigenvalue weighted by atomic mass is 9.79. The SMILES string of the molecule is COc1ccc([N+](=O)[O-])cc1CN1CCC(N)C(C)(C)C1. The van der Waals surface area contributed by atoms with Gasteiger partial charge in [0.15, 0.2) is 0 Å². The third-order valence-electron chi connectivity index (χ3n) is 4.26. The number of nitro benzene ring substituents is 1. The monoisotopic (exact) mass is 293 g/mol. The van der Waals surface area contributed by atoms with Gasteiger partial charge in [0, 0.05) is 43.4 Å². The molecule has 21 heavy (non-hydrogen) atoms. The molecule has 2 rings (SSSR count). The largest absolute Gasteiger partial charge is 0.496 e. The zero-order valence-electron chi connectivity index (χ0n) is 12.8. The van der Waals surface area contributed by atoms with E-state index in [9.17, 15) is 10.1 Å². The molecular weight excluding hydrogens is 270 g/mol. The van der Waals surface area contributed by atoms with Crippen LogP contribution in [0.5, 0.6) is 5.75 Å². The standard InChI is InChI=1S/C15H23N3O3/c1-15(2)10-17(7-6-14(15)16)9-11-8-12(18(19)20)4-5-13(11)21-3/h4-5,8,14H,6-7,9-10,16H2,1-3H3. The van der Waals surface area contributed by atoms with Crippen LogP contribution < -0.4 is 10.5 Å². The molecule has 6 nitrogen and oxygen atoms in total.